The molecule has 1 aliphatic rings. The van der Waals surface area contributed by atoms with Gasteiger partial charge in [-0.25, -0.2) is 9.97 Å². The summed E-state index contributed by atoms with van der Waals surface area (Å²) in [7, 11) is 2.11. The van der Waals surface area contributed by atoms with E-state index >= 15 is 0 Å². The fourth-order valence-corrected chi connectivity index (χ4v) is 3.38. The number of rotatable bonds is 3. The first-order chi connectivity index (χ1) is 12.3. The molecule has 1 aliphatic heterocycles. The number of anilines is 2. The molecule has 1 aromatic heterocycles. The van der Waals surface area contributed by atoms with Gasteiger partial charge in [0.05, 0.1) is 27.7 Å². The Balaban J connectivity index is 1.81. The van der Waals surface area contributed by atoms with Crippen LogP contribution in [-0.2, 0) is 0 Å². The number of amides is 1. The summed E-state index contributed by atoms with van der Waals surface area (Å²) in [6.45, 7) is 7.48. The van der Waals surface area contributed by atoms with E-state index in [1.807, 2.05) is 13.8 Å². The minimum Gasteiger partial charge on any atom is -0.338 e. The van der Waals surface area contributed by atoms with Crippen molar-refractivity contribution < 1.29 is 4.79 Å². The number of carbonyl (C=O) groups excluding carboxylic acids is 1. The van der Waals surface area contributed by atoms with Gasteiger partial charge in [-0.1, -0.05) is 23.2 Å². The average molecular weight is 394 g/mol. The van der Waals surface area contributed by atoms with E-state index in [1.54, 1.807) is 18.2 Å². The van der Waals surface area contributed by atoms with Crippen LogP contribution in [-0.4, -0.2) is 54.0 Å². The summed E-state index contributed by atoms with van der Waals surface area (Å²) in [5, 5.41) is 3.66. The number of piperazine rings is 1. The van der Waals surface area contributed by atoms with Crippen molar-refractivity contribution in [3.63, 3.8) is 0 Å². The Morgan fingerprint density at radius 3 is 2.27 bits per heavy atom. The van der Waals surface area contributed by atoms with E-state index in [2.05, 4.69) is 32.1 Å². The van der Waals surface area contributed by atoms with Gasteiger partial charge in [0.15, 0.2) is 0 Å². The monoisotopic (exact) mass is 393 g/mol. The maximum Gasteiger partial charge on any atom is 0.257 e. The van der Waals surface area contributed by atoms with Crippen molar-refractivity contribution in [2.24, 2.45) is 0 Å². The third kappa shape index (κ3) is 4.09. The number of halogens is 2. The molecule has 6 nitrogen and oxygen atoms in total. The lowest BCUT2D eigenvalue weighted by molar-refractivity contribution is 0.102. The smallest absolute Gasteiger partial charge is 0.257 e. The van der Waals surface area contributed by atoms with Crippen LogP contribution in [0.3, 0.4) is 0 Å². The van der Waals surface area contributed by atoms with Crippen molar-refractivity contribution in [1.82, 2.24) is 14.9 Å². The molecular formula is C18H21Cl2N5O. The summed E-state index contributed by atoms with van der Waals surface area (Å²) in [6.07, 6.45) is 0. The quantitative estimate of drug-likeness (QED) is 0.865. The van der Waals surface area contributed by atoms with E-state index in [0.717, 1.165) is 37.6 Å². The third-order valence-corrected chi connectivity index (χ3v) is 5.01. The van der Waals surface area contributed by atoms with E-state index < -0.39 is 0 Å². The molecule has 1 amide bonds. The SMILES string of the molecule is Cc1nc(N2CCN(C)CC2)nc(C)c1NC(=O)c1ccc(Cl)cc1Cl. The van der Waals surface area contributed by atoms with E-state index in [-0.39, 0.29) is 5.91 Å². The Morgan fingerprint density at radius 2 is 1.69 bits per heavy atom. The highest BCUT2D eigenvalue weighted by Crippen LogP contribution is 2.25. The van der Waals surface area contributed by atoms with Crippen LogP contribution in [0.2, 0.25) is 10.0 Å². The van der Waals surface area contributed by atoms with Crippen LogP contribution in [0.4, 0.5) is 11.6 Å². The van der Waals surface area contributed by atoms with Crippen molar-refractivity contribution in [1.29, 1.82) is 0 Å². The van der Waals surface area contributed by atoms with Gasteiger partial charge in [0, 0.05) is 31.2 Å². The Kier molecular flexibility index (Phi) is 5.65. The number of aromatic nitrogens is 2. The van der Waals surface area contributed by atoms with Gasteiger partial charge in [-0.3, -0.25) is 4.79 Å². The van der Waals surface area contributed by atoms with Crippen LogP contribution in [0.5, 0.6) is 0 Å². The minimum absolute atomic E-state index is 0.306. The number of aryl methyl sites for hydroxylation is 2. The number of likely N-dealkylation sites (N-methyl/N-ethyl adjacent to an activating group) is 1. The molecule has 0 atom stereocenters. The van der Waals surface area contributed by atoms with Crippen LogP contribution < -0.4 is 10.2 Å². The van der Waals surface area contributed by atoms with Gasteiger partial charge in [-0.05, 0) is 39.1 Å². The second kappa shape index (κ2) is 7.78. The zero-order valence-corrected chi connectivity index (χ0v) is 16.5. The molecule has 1 aromatic carbocycles. The fraction of sp³-hybridized carbons (Fsp3) is 0.389. The summed E-state index contributed by atoms with van der Waals surface area (Å²) >= 11 is 12.0. The lowest BCUT2D eigenvalue weighted by Gasteiger charge is -2.32. The molecule has 1 fully saturated rings. The molecule has 0 aliphatic carbocycles. The van der Waals surface area contributed by atoms with E-state index in [1.165, 1.54) is 0 Å². The molecular weight excluding hydrogens is 373 g/mol. The molecule has 0 radical (unpaired) electrons. The molecule has 2 aromatic rings. The molecule has 1 N–H and O–H groups in total. The zero-order valence-electron chi connectivity index (χ0n) is 15.0. The Morgan fingerprint density at radius 1 is 1.08 bits per heavy atom. The van der Waals surface area contributed by atoms with Gasteiger partial charge in [-0.15, -0.1) is 0 Å². The topological polar surface area (TPSA) is 61.4 Å². The first kappa shape index (κ1) is 18.9. The fourth-order valence-electron chi connectivity index (χ4n) is 2.88. The number of nitrogens with one attached hydrogen (secondary N) is 1. The van der Waals surface area contributed by atoms with Crippen molar-refractivity contribution in [3.8, 4) is 0 Å². The normalized spacial score (nSPS) is 15.2. The number of nitrogens with zero attached hydrogens (tertiary/aromatic N) is 4. The van der Waals surface area contributed by atoms with Gasteiger partial charge in [0.1, 0.15) is 0 Å². The van der Waals surface area contributed by atoms with Crippen molar-refractivity contribution in [3.05, 3.63) is 45.2 Å². The van der Waals surface area contributed by atoms with Crippen molar-refractivity contribution in [2.45, 2.75) is 13.8 Å². The van der Waals surface area contributed by atoms with Crippen LogP contribution in [0.1, 0.15) is 21.7 Å². The molecule has 0 unspecified atom stereocenters. The second-order valence-corrected chi connectivity index (χ2v) is 7.28. The molecule has 0 bridgehead atoms. The Bertz CT molecular complexity index is 811. The molecule has 3 rings (SSSR count). The Labute approximate surface area is 163 Å². The van der Waals surface area contributed by atoms with Crippen molar-refractivity contribution >= 4 is 40.7 Å². The van der Waals surface area contributed by atoms with Crippen molar-refractivity contribution in [2.75, 3.05) is 43.4 Å². The number of hydrogen-bond acceptors (Lipinski definition) is 5. The van der Waals surface area contributed by atoms with E-state index in [4.69, 9.17) is 23.2 Å². The van der Waals surface area contributed by atoms with Gasteiger partial charge in [0.25, 0.3) is 5.91 Å². The molecule has 0 saturated carbocycles. The zero-order chi connectivity index (χ0) is 18.8. The second-order valence-electron chi connectivity index (χ2n) is 6.44. The molecule has 2 heterocycles. The Hall–Kier alpha value is -1.89. The predicted octanol–water partition coefficient (Wildman–Crippen LogP) is 3.40. The summed E-state index contributed by atoms with van der Waals surface area (Å²) < 4.78 is 0. The molecule has 26 heavy (non-hydrogen) atoms. The molecule has 8 heteroatoms. The van der Waals surface area contributed by atoms with Gasteiger partial charge in [-0.2, -0.15) is 0 Å². The predicted molar refractivity (Wildman–Crippen MR) is 106 cm³/mol. The summed E-state index contributed by atoms with van der Waals surface area (Å²) in [4.78, 5) is 26.2. The molecule has 1 saturated heterocycles. The van der Waals surface area contributed by atoms with Crippen LogP contribution in [0, 0.1) is 13.8 Å². The summed E-state index contributed by atoms with van der Waals surface area (Å²) in [6, 6.07) is 4.78. The third-order valence-electron chi connectivity index (χ3n) is 4.46. The number of hydrogen-bond donors (Lipinski definition) is 1. The minimum atomic E-state index is -0.311. The lowest BCUT2D eigenvalue weighted by atomic mass is 10.2. The van der Waals surface area contributed by atoms with Crippen LogP contribution >= 0.6 is 23.2 Å². The molecule has 138 valence electrons. The van der Waals surface area contributed by atoms with Crippen LogP contribution in [0.25, 0.3) is 0 Å². The van der Waals surface area contributed by atoms with Gasteiger partial charge < -0.3 is 15.1 Å². The maximum absolute atomic E-state index is 12.6. The first-order valence-electron chi connectivity index (χ1n) is 8.40. The van der Waals surface area contributed by atoms with E-state index in [9.17, 15) is 4.79 Å². The highest BCUT2D eigenvalue weighted by atomic mass is 35.5. The number of benzene rings is 1. The highest BCUT2D eigenvalue weighted by molar-refractivity contribution is 6.37. The maximum atomic E-state index is 12.6. The summed E-state index contributed by atoms with van der Waals surface area (Å²) in [5.74, 6) is 0.393. The average Bonchev–Trinajstić information content (AvgIpc) is 2.58. The highest BCUT2D eigenvalue weighted by Gasteiger charge is 2.20. The molecule has 0 spiro atoms. The lowest BCUT2D eigenvalue weighted by Crippen LogP contribution is -2.45. The summed E-state index contributed by atoms with van der Waals surface area (Å²) in [5.41, 5.74) is 2.42. The van der Waals surface area contributed by atoms with E-state index in [0.29, 0.717) is 27.2 Å². The largest absolute Gasteiger partial charge is 0.338 e. The van der Waals surface area contributed by atoms with Gasteiger partial charge >= 0.3 is 0 Å². The number of carbonyl (C=O) groups is 1. The van der Waals surface area contributed by atoms with Gasteiger partial charge in [0.2, 0.25) is 5.95 Å². The first-order valence-corrected chi connectivity index (χ1v) is 9.16. The standard InChI is InChI=1S/C18H21Cl2N5O/c1-11-16(23-17(26)14-5-4-13(19)10-15(14)20)12(2)22-18(21-11)25-8-6-24(3)7-9-25/h4-5,10H,6-9H2,1-3H3,(H,23,26). The van der Waals surface area contributed by atoms with Crippen LogP contribution in [0.15, 0.2) is 18.2 Å².